The molecule has 0 atom stereocenters. The molecule has 1 aromatic rings. The molecule has 0 saturated heterocycles. The van der Waals surface area contributed by atoms with Crippen LogP contribution in [0.5, 0.6) is 0 Å². The molecule has 1 heterocycles. The van der Waals surface area contributed by atoms with Crippen LogP contribution in [-0.2, 0) is 9.59 Å². The number of nitrogens with zero attached hydrogens (tertiary/aromatic N) is 1. The summed E-state index contributed by atoms with van der Waals surface area (Å²) in [6.45, 7) is 1.57. The quantitative estimate of drug-likeness (QED) is 0.743. The second-order valence-electron chi connectivity index (χ2n) is 3.40. The summed E-state index contributed by atoms with van der Waals surface area (Å²) in [5.41, 5.74) is 0.738. The first kappa shape index (κ1) is 11.0. The third kappa shape index (κ3) is 1.67. The highest BCUT2D eigenvalue weighted by atomic mass is 79.9. The third-order valence-corrected chi connectivity index (χ3v) is 2.87. The van der Waals surface area contributed by atoms with Gasteiger partial charge in [-0.3, -0.25) is 9.59 Å². The second-order valence-corrected chi connectivity index (χ2v) is 4.26. The van der Waals surface area contributed by atoms with Crippen LogP contribution < -0.4 is 4.90 Å². The maximum absolute atomic E-state index is 13.0. The number of anilines is 1. The van der Waals surface area contributed by atoms with E-state index in [-0.39, 0.29) is 10.4 Å². The highest BCUT2D eigenvalue weighted by Crippen LogP contribution is 2.26. The van der Waals surface area contributed by atoms with Crippen molar-refractivity contribution in [3.8, 4) is 0 Å². The van der Waals surface area contributed by atoms with Crippen LogP contribution in [0.2, 0.25) is 0 Å². The summed E-state index contributed by atoms with van der Waals surface area (Å²) in [6.07, 6.45) is 1.26. The Bertz CT molecular complexity index is 525. The minimum atomic E-state index is -0.437. The van der Waals surface area contributed by atoms with E-state index >= 15 is 0 Å². The van der Waals surface area contributed by atoms with Gasteiger partial charge in [-0.15, -0.1) is 0 Å². The SMILES string of the molecule is CC1=CC(=O)N(c2ccc(F)c(Br)c2)C1=O. The Balaban J connectivity index is 2.43. The van der Waals surface area contributed by atoms with Crippen molar-refractivity contribution in [2.75, 3.05) is 4.90 Å². The van der Waals surface area contributed by atoms with Crippen LogP contribution in [0.4, 0.5) is 10.1 Å². The molecule has 82 valence electrons. The summed E-state index contributed by atoms with van der Waals surface area (Å²) in [7, 11) is 0. The molecular weight excluding hydrogens is 277 g/mol. The van der Waals surface area contributed by atoms with E-state index in [1.807, 2.05) is 0 Å². The zero-order chi connectivity index (χ0) is 11.9. The van der Waals surface area contributed by atoms with E-state index in [0.29, 0.717) is 11.3 Å². The van der Waals surface area contributed by atoms with Gasteiger partial charge in [0.15, 0.2) is 0 Å². The fourth-order valence-corrected chi connectivity index (χ4v) is 1.82. The van der Waals surface area contributed by atoms with Crippen LogP contribution in [0.1, 0.15) is 6.92 Å². The van der Waals surface area contributed by atoms with Gasteiger partial charge in [-0.2, -0.15) is 0 Å². The summed E-state index contributed by atoms with van der Waals surface area (Å²) in [6, 6.07) is 3.99. The number of benzene rings is 1. The van der Waals surface area contributed by atoms with Crippen molar-refractivity contribution in [1.29, 1.82) is 0 Å². The molecule has 0 bridgehead atoms. The summed E-state index contributed by atoms with van der Waals surface area (Å²) in [5, 5.41) is 0. The maximum Gasteiger partial charge on any atom is 0.261 e. The Labute approximate surface area is 99.7 Å². The molecule has 0 saturated carbocycles. The first-order valence-electron chi connectivity index (χ1n) is 4.52. The Morgan fingerprint density at radius 2 is 2.00 bits per heavy atom. The molecular formula is C11H7BrFNO2. The second kappa shape index (κ2) is 3.83. The normalized spacial score (nSPS) is 15.7. The lowest BCUT2D eigenvalue weighted by Crippen LogP contribution is -2.30. The molecule has 2 rings (SSSR count). The Morgan fingerprint density at radius 3 is 2.50 bits per heavy atom. The van der Waals surface area contributed by atoms with Crippen LogP contribution in [0, 0.1) is 5.82 Å². The average molecular weight is 284 g/mol. The number of amides is 2. The molecule has 5 heteroatoms. The molecule has 0 N–H and O–H groups in total. The fourth-order valence-electron chi connectivity index (χ4n) is 1.46. The highest BCUT2D eigenvalue weighted by molar-refractivity contribution is 9.10. The molecule has 1 aromatic carbocycles. The van der Waals surface area contributed by atoms with E-state index in [0.717, 1.165) is 4.90 Å². The topological polar surface area (TPSA) is 37.4 Å². The van der Waals surface area contributed by atoms with Crippen molar-refractivity contribution in [3.05, 3.63) is 40.1 Å². The molecule has 3 nitrogen and oxygen atoms in total. The van der Waals surface area contributed by atoms with Crippen molar-refractivity contribution >= 4 is 33.4 Å². The number of carbonyl (C=O) groups excluding carboxylic acids is 2. The number of hydrogen-bond acceptors (Lipinski definition) is 2. The maximum atomic E-state index is 13.0. The molecule has 1 aliphatic heterocycles. The number of hydrogen-bond donors (Lipinski definition) is 0. The molecule has 2 amide bonds. The van der Waals surface area contributed by atoms with Gasteiger partial charge >= 0.3 is 0 Å². The van der Waals surface area contributed by atoms with Gasteiger partial charge < -0.3 is 0 Å². The van der Waals surface area contributed by atoms with Gasteiger partial charge in [0.25, 0.3) is 11.8 Å². The lowest BCUT2D eigenvalue weighted by Gasteiger charge is -2.14. The molecule has 1 aliphatic rings. The standard InChI is InChI=1S/C11H7BrFNO2/c1-6-4-10(15)14(11(6)16)7-2-3-9(13)8(12)5-7/h2-5H,1H3. The highest BCUT2D eigenvalue weighted by Gasteiger charge is 2.29. The minimum absolute atomic E-state index is 0.218. The summed E-state index contributed by atoms with van der Waals surface area (Å²) in [4.78, 5) is 24.2. The smallest absolute Gasteiger partial charge is 0.261 e. The Hall–Kier alpha value is -1.49. The average Bonchev–Trinajstić information content (AvgIpc) is 2.47. The third-order valence-electron chi connectivity index (χ3n) is 2.26. The number of imide groups is 1. The van der Waals surface area contributed by atoms with Crippen LogP contribution in [0.25, 0.3) is 0 Å². The zero-order valence-electron chi connectivity index (χ0n) is 8.33. The molecule has 16 heavy (non-hydrogen) atoms. The fraction of sp³-hybridized carbons (Fsp3) is 0.0909. The van der Waals surface area contributed by atoms with Crippen LogP contribution in [0.3, 0.4) is 0 Å². The van der Waals surface area contributed by atoms with Crippen molar-refractivity contribution in [3.63, 3.8) is 0 Å². The molecule has 0 radical (unpaired) electrons. The van der Waals surface area contributed by atoms with Gasteiger partial charge in [-0.25, -0.2) is 9.29 Å². The van der Waals surface area contributed by atoms with E-state index in [1.54, 1.807) is 6.92 Å². The predicted molar refractivity (Wildman–Crippen MR) is 60.4 cm³/mol. The Morgan fingerprint density at radius 1 is 1.31 bits per heavy atom. The van der Waals surface area contributed by atoms with Gasteiger partial charge in [0, 0.05) is 11.6 Å². The van der Waals surface area contributed by atoms with Crippen molar-refractivity contribution in [1.82, 2.24) is 0 Å². The molecule has 0 spiro atoms. The number of carbonyl (C=O) groups is 2. The predicted octanol–water partition coefficient (Wildman–Crippen LogP) is 2.41. The van der Waals surface area contributed by atoms with Crippen LogP contribution >= 0.6 is 15.9 Å². The monoisotopic (exact) mass is 283 g/mol. The van der Waals surface area contributed by atoms with Crippen molar-refractivity contribution < 1.29 is 14.0 Å². The zero-order valence-corrected chi connectivity index (χ0v) is 9.92. The van der Waals surface area contributed by atoms with E-state index < -0.39 is 11.7 Å². The molecule has 0 aliphatic carbocycles. The van der Waals surface area contributed by atoms with E-state index in [2.05, 4.69) is 15.9 Å². The summed E-state index contributed by atoms with van der Waals surface area (Å²) >= 11 is 3.01. The first-order valence-corrected chi connectivity index (χ1v) is 5.32. The van der Waals surface area contributed by atoms with E-state index in [4.69, 9.17) is 0 Å². The number of halogens is 2. The van der Waals surface area contributed by atoms with Crippen LogP contribution in [-0.4, -0.2) is 11.8 Å². The van der Waals surface area contributed by atoms with Gasteiger partial charge in [-0.1, -0.05) is 0 Å². The number of rotatable bonds is 1. The van der Waals surface area contributed by atoms with Crippen LogP contribution in [0.15, 0.2) is 34.3 Å². The molecule has 0 fully saturated rings. The minimum Gasteiger partial charge on any atom is -0.269 e. The molecule has 0 aromatic heterocycles. The van der Waals surface area contributed by atoms with Crippen molar-refractivity contribution in [2.45, 2.75) is 6.92 Å². The van der Waals surface area contributed by atoms with Gasteiger partial charge in [-0.05, 0) is 41.1 Å². The summed E-state index contributed by atoms with van der Waals surface area (Å²) in [5.74, 6) is -1.21. The van der Waals surface area contributed by atoms with Gasteiger partial charge in [0.2, 0.25) is 0 Å². The summed E-state index contributed by atoms with van der Waals surface area (Å²) < 4.78 is 13.2. The van der Waals surface area contributed by atoms with E-state index in [9.17, 15) is 14.0 Å². The lowest BCUT2D eigenvalue weighted by atomic mass is 10.2. The largest absolute Gasteiger partial charge is 0.269 e. The van der Waals surface area contributed by atoms with E-state index in [1.165, 1.54) is 24.3 Å². The van der Waals surface area contributed by atoms with Gasteiger partial charge in [0.1, 0.15) is 5.82 Å². The molecule has 0 unspecified atom stereocenters. The van der Waals surface area contributed by atoms with Gasteiger partial charge in [0.05, 0.1) is 10.2 Å². The van der Waals surface area contributed by atoms with Crippen molar-refractivity contribution in [2.24, 2.45) is 0 Å². The lowest BCUT2D eigenvalue weighted by molar-refractivity contribution is -0.120. The Kier molecular flexibility index (Phi) is 2.63. The first-order chi connectivity index (χ1) is 7.50.